The van der Waals surface area contributed by atoms with Crippen LogP contribution in [-0.4, -0.2) is 24.2 Å². The quantitative estimate of drug-likeness (QED) is 0.842. The van der Waals surface area contributed by atoms with E-state index in [4.69, 9.17) is 4.74 Å². The lowest BCUT2D eigenvalue weighted by molar-refractivity contribution is 0.0557. The van der Waals surface area contributed by atoms with Crippen LogP contribution < -0.4 is 5.32 Å². The van der Waals surface area contributed by atoms with E-state index in [0.29, 0.717) is 6.04 Å². The van der Waals surface area contributed by atoms with Crippen molar-refractivity contribution in [3.8, 4) is 0 Å². The number of rotatable bonds is 4. The van der Waals surface area contributed by atoms with Crippen molar-refractivity contribution < 1.29 is 4.74 Å². The van der Waals surface area contributed by atoms with E-state index in [1.54, 1.807) is 0 Å². The number of pyridine rings is 1. The molecule has 0 amide bonds. The van der Waals surface area contributed by atoms with Crippen molar-refractivity contribution in [2.24, 2.45) is 5.92 Å². The lowest BCUT2D eigenvalue weighted by Crippen LogP contribution is -2.36. The number of ether oxygens (including phenoxy) is 1. The molecule has 1 saturated heterocycles. The van der Waals surface area contributed by atoms with Gasteiger partial charge in [-0.1, -0.05) is 6.07 Å². The van der Waals surface area contributed by atoms with E-state index in [1.165, 1.54) is 12.8 Å². The highest BCUT2D eigenvalue weighted by Gasteiger charge is 2.19. The highest BCUT2D eigenvalue weighted by molar-refractivity contribution is 5.03. The Balaban J connectivity index is 1.76. The van der Waals surface area contributed by atoms with Crippen LogP contribution in [0.25, 0.3) is 0 Å². The zero-order valence-electron chi connectivity index (χ0n) is 9.86. The molecule has 0 radical (unpaired) electrons. The summed E-state index contributed by atoms with van der Waals surface area (Å²) in [7, 11) is 0. The molecule has 2 heterocycles. The Morgan fingerprint density at radius 2 is 2.25 bits per heavy atom. The van der Waals surface area contributed by atoms with Gasteiger partial charge in [-0.25, -0.2) is 0 Å². The fourth-order valence-electron chi connectivity index (χ4n) is 2.15. The second-order valence-electron chi connectivity index (χ2n) is 4.44. The van der Waals surface area contributed by atoms with Crippen LogP contribution in [0.15, 0.2) is 24.4 Å². The third-order valence-corrected chi connectivity index (χ3v) is 3.30. The first kappa shape index (κ1) is 11.6. The molecule has 1 fully saturated rings. The van der Waals surface area contributed by atoms with Crippen molar-refractivity contribution in [1.82, 2.24) is 10.3 Å². The Morgan fingerprint density at radius 1 is 1.44 bits per heavy atom. The van der Waals surface area contributed by atoms with E-state index in [0.717, 1.165) is 31.4 Å². The largest absolute Gasteiger partial charge is 0.381 e. The molecule has 1 aromatic heterocycles. The Morgan fingerprint density at radius 3 is 2.94 bits per heavy atom. The maximum Gasteiger partial charge on any atom is 0.0541 e. The minimum atomic E-state index is 0.547. The average molecular weight is 220 g/mol. The summed E-state index contributed by atoms with van der Waals surface area (Å²) in [5, 5.41) is 3.55. The van der Waals surface area contributed by atoms with Gasteiger partial charge in [-0.05, 0) is 37.8 Å². The second kappa shape index (κ2) is 5.97. The lowest BCUT2D eigenvalue weighted by atomic mass is 9.93. The molecule has 1 aliphatic rings. The first-order valence-electron chi connectivity index (χ1n) is 6.07. The summed E-state index contributed by atoms with van der Waals surface area (Å²) >= 11 is 0. The Kier molecular flexibility index (Phi) is 4.31. The predicted molar refractivity (Wildman–Crippen MR) is 64.1 cm³/mol. The standard InChI is InChI=1S/C13H20N2O/c1-11(12-5-8-16-9-6-12)15-10-13-4-2-3-7-14-13/h2-4,7,11-12,15H,5-6,8-10H2,1H3. The van der Waals surface area contributed by atoms with Gasteiger partial charge >= 0.3 is 0 Å². The molecular formula is C13H20N2O. The molecular weight excluding hydrogens is 200 g/mol. The van der Waals surface area contributed by atoms with Gasteiger partial charge in [-0.15, -0.1) is 0 Å². The fourth-order valence-corrected chi connectivity index (χ4v) is 2.15. The van der Waals surface area contributed by atoms with Gasteiger partial charge < -0.3 is 10.1 Å². The molecule has 1 N–H and O–H groups in total. The lowest BCUT2D eigenvalue weighted by Gasteiger charge is -2.28. The van der Waals surface area contributed by atoms with Gasteiger partial charge in [0.05, 0.1) is 5.69 Å². The summed E-state index contributed by atoms with van der Waals surface area (Å²) in [5.41, 5.74) is 1.11. The molecule has 0 aliphatic carbocycles. The molecule has 3 nitrogen and oxygen atoms in total. The van der Waals surface area contributed by atoms with E-state index in [2.05, 4.69) is 23.3 Å². The molecule has 16 heavy (non-hydrogen) atoms. The molecule has 88 valence electrons. The number of hydrogen-bond acceptors (Lipinski definition) is 3. The van der Waals surface area contributed by atoms with E-state index in [9.17, 15) is 0 Å². The van der Waals surface area contributed by atoms with E-state index < -0.39 is 0 Å². The Labute approximate surface area is 97.2 Å². The average Bonchev–Trinajstić information content (AvgIpc) is 2.38. The SMILES string of the molecule is CC(NCc1ccccn1)C1CCOCC1. The fraction of sp³-hybridized carbons (Fsp3) is 0.615. The maximum atomic E-state index is 5.37. The summed E-state index contributed by atoms with van der Waals surface area (Å²) in [5.74, 6) is 0.748. The molecule has 1 unspecified atom stereocenters. The smallest absolute Gasteiger partial charge is 0.0541 e. The zero-order chi connectivity index (χ0) is 11.2. The third-order valence-electron chi connectivity index (χ3n) is 3.30. The van der Waals surface area contributed by atoms with Crippen LogP contribution in [0, 0.1) is 5.92 Å². The van der Waals surface area contributed by atoms with E-state index in [1.807, 2.05) is 18.3 Å². The first-order valence-corrected chi connectivity index (χ1v) is 6.07. The van der Waals surface area contributed by atoms with Crippen LogP contribution in [0.1, 0.15) is 25.5 Å². The van der Waals surface area contributed by atoms with Crippen molar-refractivity contribution >= 4 is 0 Å². The minimum absolute atomic E-state index is 0.547. The summed E-state index contributed by atoms with van der Waals surface area (Å²) < 4.78 is 5.37. The molecule has 2 rings (SSSR count). The van der Waals surface area contributed by atoms with Crippen molar-refractivity contribution in [2.45, 2.75) is 32.4 Å². The summed E-state index contributed by atoms with van der Waals surface area (Å²) in [4.78, 5) is 4.31. The van der Waals surface area contributed by atoms with Crippen LogP contribution in [0.3, 0.4) is 0 Å². The summed E-state index contributed by atoms with van der Waals surface area (Å²) in [6.45, 7) is 4.96. The van der Waals surface area contributed by atoms with Crippen LogP contribution in [0.5, 0.6) is 0 Å². The van der Waals surface area contributed by atoms with Gasteiger partial charge in [0, 0.05) is 32.0 Å². The Hall–Kier alpha value is -0.930. The van der Waals surface area contributed by atoms with Crippen molar-refractivity contribution in [3.63, 3.8) is 0 Å². The van der Waals surface area contributed by atoms with Crippen LogP contribution in [0.4, 0.5) is 0 Å². The highest BCUT2D eigenvalue weighted by atomic mass is 16.5. The number of hydrogen-bond donors (Lipinski definition) is 1. The van der Waals surface area contributed by atoms with Crippen molar-refractivity contribution in [2.75, 3.05) is 13.2 Å². The maximum absolute atomic E-state index is 5.37. The number of aromatic nitrogens is 1. The van der Waals surface area contributed by atoms with Gasteiger partial charge in [-0.3, -0.25) is 4.98 Å². The van der Waals surface area contributed by atoms with Gasteiger partial charge in [0.1, 0.15) is 0 Å². The third kappa shape index (κ3) is 3.29. The monoisotopic (exact) mass is 220 g/mol. The highest BCUT2D eigenvalue weighted by Crippen LogP contribution is 2.18. The predicted octanol–water partition coefficient (Wildman–Crippen LogP) is 1.99. The van der Waals surface area contributed by atoms with Crippen LogP contribution in [0.2, 0.25) is 0 Å². The molecule has 1 aromatic rings. The first-order chi connectivity index (χ1) is 7.86. The topological polar surface area (TPSA) is 34.2 Å². The van der Waals surface area contributed by atoms with Crippen molar-refractivity contribution in [3.05, 3.63) is 30.1 Å². The van der Waals surface area contributed by atoms with Gasteiger partial charge in [0.2, 0.25) is 0 Å². The van der Waals surface area contributed by atoms with Crippen molar-refractivity contribution in [1.29, 1.82) is 0 Å². The summed E-state index contributed by atoms with van der Waals surface area (Å²) in [6.07, 6.45) is 4.20. The molecule has 3 heteroatoms. The molecule has 1 aliphatic heterocycles. The normalized spacial score (nSPS) is 19.6. The van der Waals surface area contributed by atoms with Crippen LogP contribution in [-0.2, 0) is 11.3 Å². The van der Waals surface area contributed by atoms with Gasteiger partial charge in [0.25, 0.3) is 0 Å². The van der Waals surface area contributed by atoms with Gasteiger partial charge in [-0.2, -0.15) is 0 Å². The molecule has 0 aromatic carbocycles. The molecule has 0 bridgehead atoms. The summed E-state index contributed by atoms with van der Waals surface area (Å²) in [6, 6.07) is 6.59. The zero-order valence-corrected chi connectivity index (χ0v) is 9.86. The minimum Gasteiger partial charge on any atom is -0.381 e. The second-order valence-corrected chi connectivity index (χ2v) is 4.44. The number of nitrogens with one attached hydrogen (secondary N) is 1. The molecule has 1 atom stereocenters. The number of nitrogens with zero attached hydrogens (tertiary/aromatic N) is 1. The molecule has 0 spiro atoms. The van der Waals surface area contributed by atoms with E-state index in [-0.39, 0.29) is 0 Å². The van der Waals surface area contributed by atoms with Gasteiger partial charge in [0.15, 0.2) is 0 Å². The molecule has 0 saturated carbocycles. The van der Waals surface area contributed by atoms with Crippen LogP contribution >= 0.6 is 0 Å². The Bertz CT molecular complexity index is 296. The van der Waals surface area contributed by atoms with E-state index >= 15 is 0 Å².